The second-order valence-electron chi connectivity index (χ2n) is 10.2. The second-order valence-corrected chi connectivity index (χ2v) is 10.2. The lowest BCUT2D eigenvalue weighted by Crippen LogP contribution is -2.35. The van der Waals surface area contributed by atoms with Gasteiger partial charge in [-0.1, -0.05) is 42.5 Å². The van der Waals surface area contributed by atoms with E-state index in [2.05, 4.69) is 41.3 Å². The molecule has 204 valence electrons. The van der Waals surface area contributed by atoms with Crippen LogP contribution in [-0.2, 0) is 10.3 Å². The molecule has 0 amide bonds. The van der Waals surface area contributed by atoms with Crippen LogP contribution in [0.1, 0.15) is 46.3 Å². The van der Waals surface area contributed by atoms with Gasteiger partial charge in [-0.05, 0) is 67.1 Å². The fourth-order valence-corrected chi connectivity index (χ4v) is 5.90. The largest absolute Gasteiger partial charge is 0.493 e. The monoisotopic (exact) mass is 535 g/mol. The van der Waals surface area contributed by atoms with Crippen molar-refractivity contribution in [3.63, 3.8) is 0 Å². The highest BCUT2D eigenvalue weighted by Gasteiger charge is 2.39. The third kappa shape index (κ3) is 4.34. The number of hydrogen-bond acceptors (Lipinski definition) is 6. The van der Waals surface area contributed by atoms with E-state index in [0.29, 0.717) is 28.4 Å². The molecule has 2 aliphatic rings. The first-order valence-corrected chi connectivity index (χ1v) is 13.7. The van der Waals surface area contributed by atoms with Crippen molar-refractivity contribution in [2.75, 3.05) is 39.3 Å². The quantitative estimate of drug-likeness (QED) is 0.248. The molecule has 4 aromatic rings. The molecular formula is C34H33NO5. The fourth-order valence-electron chi connectivity index (χ4n) is 5.90. The van der Waals surface area contributed by atoms with E-state index in [-0.39, 0.29) is 0 Å². The van der Waals surface area contributed by atoms with Crippen LogP contribution in [0, 0.1) is 0 Å². The molecule has 1 atom stereocenters. The van der Waals surface area contributed by atoms with E-state index < -0.39 is 11.6 Å². The van der Waals surface area contributed by atoms with Crippen LogP contribution in [0.5, 0.6) is 17.2 Å². The molecule has 40 heavy (non-hydrogen) atoms. The molecule has 1 saturated heterocycles. The Morgan fingerprint density at radius 1 is 0.825 bits per heavy atom. The molecule has 0 aromatic heterocycles. The summed E-state index contributed by atoms with van der Waals surface area (Å²) >= 11 is 0. The van der Waals surface area contributed by atoms with Gasteiger partial charge in [0, 0.05) is 40.9 Å². The number of fused-ring (bicyclic) bond motifs is 3. The summed E-state index contributed by atoms with van der Waals surface area (Å²) in [6.45, 7) is 2.17. The third-order valence-corrected chi connectivity index (χ3v) is 8.01. The number of methoxy groups -OCH3 is 3. The van der Waals surface area contributed by atoms with Crippen LogP contribution in [0.4, 0.5) is 5.69 Å². The maximum absolute atomic E-state index is 12.9. The van der Waals surface area contributed by atoms with Gasteiger partial charge in [0.2, 0.25) is 0 Å². The van der Waals surface area contributed by atoms with Gasteiger partial charge in [0.05, 0.1) is 26.9 Å². The van der Waals surface area contributed by atoms with E-state index in [1.807, 2.05) is 48.6 Å². The smallest absolute Gasteiger partial charge is 0.338 e. The molecule has 0 radical (unpaired) electrons. The highest BCUT2D eigenvalue weighted by molar-refractivity contribution is 6.04. The molecule has 2 aliphatic heterocycles. The van der Waals surface area contributed by atoms with E-state index in [9.17, 15) is 4.79 Å². The SMILES string of the molecule is COC(=O)c1cc2cc(OC)c(OC)cc2c2c1C=CC(c1ccccc1)(c1ccc(N3CCCCC3)cc1)O2. The number of carbonyl (C=O) groups excluding carboxylic acids is 1. The maximum Gasteiger partial charge on any atom is 0.338 e. The summed E-state index contributed by atoms with van der Waals surface area (Å²) < 4.78 is 23.4. The average molecular weight is 536 g/mol. The summed E-state index contributed by atoms with van der Waals surface area (Å²) in [7, 11) is 4.59. The van der Waals surface area contributed by atoms with Gasteiger partial charge in [-0.2, -0.15) is 0 Å². The number of benzene rings is 4. The zero-order valence-corrected chi connectivity index (χ0v) is 23.1. The third-order valence-electron chi connectivity index (χ3n) is 8.01. The highest BCUT2D eigenvalue weighted by atomic mass is 16.5. The van der Waals surface area contributed by atoms with Crippen LogP contribution >= 0.6 is 0 Å². The van der Waals surface area contributed by atoms with Crippen LogP contribution in [0.3, 0.4) is 0 Å². The van der Waals surface area contributed by atoms with Gasteiger partial charge in [0.15, 0.2) is 17.1 Å². The van der Waals surface area contributed by atoms with Gasteiger partial charge in [-0.25, -0.2) is 4.79 Å². The van der Waals surface area contributed by atoms with Crippen LogP contribution in [0.15, 0.2) is 78.9 Å². The number of carbonyl (C=O) groups is 1. The lowest BCUT2D eigenvalue weighted by Gasteiger charge is -2.37. The first-order chi connectivity index (χ1) is 19.6. The van der Waals surface area contributed by atoms with Crippen molar-refractivity contribution in [1.82, 2.24) is 0 Å². The van der Waals surface area contributed by atoms with Gasteiger partial charge >= 0.3 is 5.97 Å². The predicted octanol–water partition coefficient (Wildman–Crippen LogP) is 6.98. The van der Waals surface area contributed by atoms with E-state index in [1.165, 1.54) is 32.1 Å². The molecule has 0 bridgehead atoms. The molecule has 6 nitrogen and oxygen atoms in total. The highest BCUT2D eigenvalue weighted by Crippen LogP contribution is 2.48. The summed E-state index contributed by atoms with van der Waals surface area (Å²) in [5, 5.41) is 1.60. The number of piperidine rings is 1. The molecule has 6 rings (SSSR count). The van der Waals surface area contributed by atoms with Gasteiger partial charge in [-0.3, -0.25) is 0 Å². The molecular weight excluding hydrogens is 502 g/mol. The predicted molar refractivity (Wildman–Crippen MR) is 158 cm³/mol. The topological polar surface area (TPSA) is 57.2 Å². The van der Waals surface area contributed by atoms with Crippen molar-refractivity contribution in [3.8, 4) is 17.2 Å². The lowest BCUT2D eigenvalue weighted by molar-refractivity contribution is 0.0599. The Bertz CT molecular complexity index is 1570. The first kappa shape index (κ1) is 25.8. The molecule has 0 aliphatic carbocycles. The number of anilines is 1. The van der Waals surface area contributed by atoms with Gasteiger partial charge in [0.1, 0.15) is 5.75 Å². The summed E-state index contributed by atoms with van der Waals surface area (Å²) in [6.07, 6.45) is 7.76. The normalized spacial score (nSPS) is 18.1. The van der Waals surface area contributed by atoms with E-state index in [0.717, 1.165) is 35.0 Å². The van der Waals surface area contributed by atoms with Crippen molar-refractivity contribution < 1.29 is 23.7 Å². The molecule has 0 spiro atoms. The van der Waals surface area contributed by atoms with Gasteiger partial charge in [-0.15, -0.1) is 0 Å². The Morgan fingerprint density at radius 2 is 1.50 bits per heavy atom. The minimum atomic E-state index is -0.913. The molecule has 4 aromatic carbocycles. The Kier molecular flexibility index (Phi) is 6.84. The second kappa shape index (κ2) is 10.6. The minimum Gasteiger partial charge on any atom is -0.493 e. The Morgan fingerprint density at radius 3 is 2.17 bits per heavy atom. The minimum absolute atomic E-state index is 0.426. The van der Waals surface area contributed by atoms with Gasteiger partial charge < -0.3 is 23.8 Å². The number of ether oxygens (including phenoxy) is 4. The molecule has 6 heteroatoms. The zero-order chi connectivity index (χ0) is 27.7. The van der Waals surface area contributed by atoms with Crippen LogP contribution in [0.25, 0.3) is 16.8 Å². The van der Waals surface area contributed by atoms with Crippen molar-refractivity contribution >= 4 is 28.5 Å². The average Bonchev–Trinajstić information content (AvgIpc) is 3.04. The van der Waals surface area contributed by atoms with Crippen LogP contribution < -0.4 is 19.1 Å². The van der Waals surface area contributed by atoms with E-state index >= 15 is 0 Å². The number of hydrogen-bond donors (Lipinski definition) is 0. The number of rotatable bonds is 6. The Labute approximate surface area is 234 Å². The molecule has 1 unspecified atom stereocenters. The lowest BCUT2D eigenvalue weighted by atomic mass is 9.82. The molecule has 0 saturated carbocycles. The summed E-state index contributed by atoms with van der Waals surface area (Å²) in [5.41, 5.74) is 3.39. The zero-order valence-electron chi connectivity index (χ0n) is 23.1. The molecule has 1 fully saturated rings. The van der Waals surface area contributed by atoms with Crippen molar-refractivity contribution in [2.45, 2.75) is 24.9 Å². The van der Waals surface area contributed by atoms with E-state index in [4.69, 9.17) is 18.9 Å². The van der Waals surface area contributed by atoms with E-state index in [1.54, 1.807) is 14.2 Å². The number of esters is 1. The van der Waals surface area contributed by atoms with Crippen molar-refractivity contribution in [2.24, 2.45) is 0 Å². The Balaban J connectivity index is 1.55. The van der Waals surface area contributed by atoms with Gasteiger partial charge in [0.25, 0.3) is 0 Å². The fraction of sp³-hybridized carbons (Fsp3) is 0.265. The summed E-state index contributed by atoms with van der Waals surface area (Å²) in [5.74, 6) is 1.31. The number of nitrogens with zero attached hydrogens (tertiary/aromatic N) is 1. The summed E-state index contributed by atoms with van der Waals surface area (Å²) in [4.78, 5) is 15.4. The molecule has 2 heterocycles. The first-order valence-electron chi connectivity index (χ1n) is 13.7. The molecule has 0 N–H and O–H groups in total. The maximum atomic E-state index is 12.9. The standard InChI is InChI=1S/C34H33NO5/c1-37-30-21-23-20-29(33(36)39-3)27-16-17-34(24-10-6-4-7-11-24,40-32(27)28(23)22-31(30)38-2)25-12-14-26(15-13-25)35-18-8-5-9-19-35/h4,6-7,10-17,20-22H,5,8-9,18-19H2,1-3H3. The van der Waals surface area contributed by atoms with Crippen molar-refractivity contribution in [1.29, 1.82) is 0 Å². The summed E-state index contributed by atoms with van der Waals surface area (Å²) in [6, 6.07) is 24.5. The van der Waals surface area contributed by atoms with Crippen LogP contribution in [0.2, 0.25) is 0 Å². The Hall–Kier alpha value is -4.45. The van der Waals surface area contributed by atoms with Crippen molar-refractivity contribution in [3.05, 3.63) is 101 Å². The van der Waals surface area contributed by atoms with Crippen LogP contribution in [-0.4, -0.2) is 40.4 Å².